The molecule has 2 heterocycles. The lowest BCUT2D eigenvalue weighted by molar-refractivity contribution is 0.0602. The van der Waals surface area contributed by atoms with Gasteiger partial charge in [-0.2, -0.15) is 5.10 Å². The molecule has 178 valence electrons. The molecule has 2 aromatic carbocycles. The van der Waals surface area contributed by atoms with Crippen molar-refractivity contribution in [2.75, 3.05) is 17.5 Å². The first-order chi connectivity index (χ1) is 16.0. The van der Waals surface area contributed by atoms with E-state index < -0.39 is 10.0 Å². The van der Waals surface area contributed by atoms with E-state index in [4.69, 9.17) is 4.74 Å². The van der Waals surface area contributed by atoms with Crippen LogP contribution in [0.3, 0.4) is 0 Å². The average Bonchev–Trinajstić information content (AvgIpc) is 3.24. The van der Waals surface area contributed by atoms with Crippen molar-refractivity contribution in [1.82, 2.24) is 9.78 Å². The summed E-state index contributed by atoms with van der Waals surface area (Å²) in [5, 5.41) is 5.54. The minimum Gasteiger partial charge on any atom is -0.381 e. The van der Waals surface area contributed by atoms with Crippen LogP contribution in [-0.2, 0) is 27.7 Å². The molecule has 3 aromatic rings. The third kappa shape index (κ3) is 5.09. The fourth-order valence-electron chi connectivity index (χ4n) is 4.66. The molecule has 0 spiro atoms. The summed E-state index contributed by atoms with van der Waals surface area (Å²) in [5.74, 6) is 0.549. The van der Waals surface area contributed by atoms with E-state index >= 15 is 0 Å². The highest BCUT2D eigenvalue weighted by atomic mass is 32.2. The van der Waals surface area contributed by atoms with Crippen LogP contribution in [0.15, 0.2) is 53.6 Å². The van der Waals surface area contributed by atoms with Gasteiger partial charge in [-0.1, -0.05) is 32.9 Å². The second-order valence-electron chi connectivity index (χ2n) is 8.92. The van der Waals surface area contributed by atoms with Gasteiger partial charge in [0, 0.05) is 37.4 Å². The van der Waals surface area contributed by atoms with Gasteiger partial charge in [0.15, 0.2) is 0 Å². The topological polar surface area (TPSA) is 64.4 Å². The van der Waals surface area contributed by atoms with Gasteiger partial charge in [0.2, 0.25) is 0 Å². The molecule has 0 aliphatic carbocycles. The number of sulfonamides is 1. The number of nitrogens with zero attached hydrogens (tertiary/aromatic N) is 3. The van der Waals surface area contributed by atoms with Crippen molar-refractivity contribution in [2.45, 2.75) is 70.4 Å². The standard InChI is InChI=1S/C26H35N3O3S/c1-4-20-7-9-24(10-8-20)29(23(5-2)6-3)33(30,31)25-11-12-26-22(17-25)19-28(27-26)18-21-13-15-32-16-14-21/h7-12,17,19,21,23H,4-6,13-16,18H2,1-3H3. The summed E-state index contributed by atoms with van der Waals surface area (Å²) in [4.78, 5) is 0.312. The summed E-state index contributed by atoms with van der Waals surface area (Å²) < 4.78 is 36.8. The Bertz CT molecular complexity index is 1160. The predicted molar refractivity (Wildman–Crippen MR) is 133 cm³/mol. The summed E-state index contributed by atoms with van der Waals surface area (Å²) in [6, 6.07) is 13.1. The van der Waals surface area contributed by atoms with Gasteiger partial charge >= 0.3 is 0 Å². The fraction of sp³-hybridized carbons (Fsp3) is 0.500. The third-order valence-electron chi connectivity index (χ3n) is 6.74. The van der Waals surface area contributed by atoms with Gasteiger partial charge in [-0.05, 0) is 73.9 Å². The van der Waals surface area contributed by atoms with Gasteiger partial charge in [-0.25, -0.2) is 8.42 Å². The van der Waals surface area contributed by atoms with Crippen LogP contribution < -0.4 is 4.31 Å². The van der Waals surface area contributed by atoms with Crippen LogP contribution in [0, 0.1) is 5.92 Å². The zero-order chi connectivity index (χ0) is 23.4. The summed E-state index contributed by atoms with van der Waals surface area (Å²) in [6.07, 6.45) is 6.47. The van der Waals surface area contributed by atoms with E-state index in [0.29, 0.717) is 10.8 Å². The fourth-order valence-corrected chi connectivity index (χ4v) is 6.49. The summed E-state index contributed by atoms with van der Waals surface area (Å²) in [5.41, 5.74) is 2.73. The molecule has 1 aliphatic heterocycles. The normalized spacial score (nSPS) is 15.4. The Morgan fingerprint density at radius 2 is 1.76 bits per heavy atom. The lowest BCUT2D eigenvalue weighted by atomic mass is 10.0. The second-order valence-corrected chi connectivity index (χ2v) is 10.7. The Morgan fingerprint density at radius 1 is 1.06 bits per heavy atom. The van der Waals surface area contributed by atoms with E-state index in [2.05, 4.69) is 12.0 Å². The molecule has 1 aromatic heterocycles. The quantitative estimate of drug-likeness (QED) is 0.420. The number of benzene rings is 2. The van der Waals surface area contributed by atoms with Crippen LogP contribution in [0.1, 0.15) is 52.0 Å². The lowest BCUT2D eigenvalue weighted by Gasteiger charge is -2.32. The molecule has 1 fully saturated rings. The van der Waals surface area contributed by atoms with Gasteiger partial charge in [-0.15, -0.1) is 0 Å². The Balaban J connectivity index is 1.67. The summed E-state index contributed by atoms with van der Waals surface area (Å²) >= 11 is 0. The molecule has 0 saturated carbocycles. The lowest BCUT2D eigenvalue weighted by Crippen LogP contribution is -2.39. The van der Waals surface area contributed by atoms with Crippen molar-refractivity contribution < 1.29 is 13.2 Å². The van der Waals surface area contributed by atoms with Crippen molar-refractivity contribution >= 4 is 26.6 Å². The number of rotatable bonds is 9. The highest BCUT2D eigenvalue weighted by Crippen LogP contribution is 2.30. The number of aromatic nitrogens is 2. The average molecular weight is 470 g/mol. The van der Waals surface area contributed by atoms with Gasteiger partial charge < -0.3 is 4.74 Å². The van der Waals surface area contributed by atoms with E-state index in [9.17, 15) is 8.42 Å². The van der Waals surface area contributed by atoms with Crippen molar-refractivity contribution in [3.05, 3.63) is 54.2 Å². The van der Waals surface area contributed by atoms with Crippen molar-refractivity contribution in [3.63, 3.8) is 0 Å². The van der Waals surface area contributed by atoms with Gasteiger partial charge in [0.05, 0.1) is 16.1 Å². The summed E-state index contributed by atoms with van der Waals surface area (Å²) in [7, 11) is -3.73. The molecule has 4 rings (SSSR count). The molecular weight excluding hydrogens is 434 g/mol. The monoisotopic (exact) mass is 469 g/mol. The van der Waals surface area contributed by atoms with Crippen LogP contribution in [0.2, 0.25) is 0 Å². The SMILES string of the molecule is CCc1ccc(N(C(CC)CC)S(=O)(=O)c2ccc3nn(CC4CCOCC4)cc3c2)cc1. The number of hydrogen-bond donors (Lipinski definition) is 0. The third-order valence-corrected chi connectivity index (χ3v) is 8.62. The van der Waals surface area contributed by atoms with Crippen molar-refractivity contribution in [2.24, 2.45) is 5.92 Å². The van der Waals surface area contributed by atoms with Gasteiger partial charge in [0.1, 0.15) is 0 Å². The predicted octanol–water partition coefficient (Wildman–Crippen LogP) is 5.41. The molecule has 0 amide bonds. The maximum Gasteiger partial charge on any atom is 0.264 e. The Morgan fingerprint density at radius 3 is 2.39 bits per heavy atom. The minimum atomic E-state index is -3.73. The zero-order valence-corrected chi connectivity index (χ0v) is 20.7. The van der Waals surface area contributed by atoms with Crippen LogP contribution in [0.25, 0.3) is 10.9 Å². The van der Waals surface area contributed by atoms with Crippen LogP contribution in [0.4, 0.5) is 5.69 Å². The van der Waals surface area contributed by atoms with E-state index in [-0.39, 0.29) is 6.04 Å². The Hall–Kier alpha value is -2.38. The van der Waals surface area contributed by atoms with E-state index in [0.717, 1.165) is 68.5 Å². The molecule has 7 heteroatoms. The van der Waals surface area contributed by atoms with Crippen molar-refractivity contribution in [1.29, 1.82) is 0 Å². The smallest absolute Gasteiger partial charge is 0.264 e. The molecule has 6 nitrogen and oxygen atoms in total. The van der Waals surface area contributed by atoms with Gasteiger partial charge in [0.25, 0.3) is 10.0 Å². The Labute approximate surface area is 197 Å². The minimum absolute atomic E-state index is 0.102. The molecule has 0 N–H and O–H groups in total. The highest BCUT2D eigenvalue weighted by Gasteiger charge is 2.30. The number of aryl methyl sites for hydroxylation is 1. The highest BCUT2D eigenvalue weighted by molar-refractivity contribution is 7.92. The number of ether oxygens (including phenoxy) is 1. The largest absolute Gasteiger partial charge is 0.381 e. The van der Waals surface area contributed by atoms with Gasteiger partial charge in [-0.3, -0.25) is 8.99 Å². The molecule has 0 bridgehead atoms. The number of hydrogen-bond acceptors (Lipinski definition) is 4. The van der Waals surface area contributed by atoms with E-state index in [1.165, 1.54) is 5.56 Å². The first-order valence-corrected chi connectivity index (χ1v) is 13.6. The summed E-state index contributed by atoms with van der Waals surface area (Å²) in [6.45, 7) is 8.63. The molecule has 0 radical (unpaired) electrons. The van der Waals surface area contributed by atoms with Crippen LogP contribution >= 0.6 is 0 Å². The van der Waals surface area contributed by atoms with Crippen LogP contribution in [0.5, 0.6) is 0 Å². The second kappa shape index (κ2) is 10.3. The first-order valence-electron chi connectivity index (χ1n) is 12.1. The van der Waals surface area contributed by atoms with Crippen molar-refractivity contribution in [3.8, 4) is 0 Å². The zero-order valence-electron chi connectivity index (χ0n) is 19.9. The van der Waals surface area contributed by atoms with E-state index in [1.807, 2.05) is 55.1 Å². The maximum atomic E-state index is 13.9. The molecule has 1 aliphatic rings. The molecule has 1 saturated heterocycles. The first kappa shape index (κ1) is 23.8. The van der Waals surface area contributed by atoms with Crippen LogP contribution in [-0.4, -0.2) is 37.5 Å². The van der Waals surface area contributed by atoms with E-state index in [1.54, 1.807) is 16.4 Å². The molecule has 0 atom stereocenters. The maximum absolute atomic E-state index is 13.9. The Kier molecular flexibility index (Phi) is 7.39. The number of fused-ring (bicyclic) bond motifs is 1. The molecule has 33 heavy (non-hydrogen) atoms. The number of anilines is 1. The molecular formula is C26H35N3O3S. The molecule has 0 unspecified atom stereocenters.